The third-order valence-electron chi connectivity index (χ3n) is 3.28. The molecule has 13 heavy (non-hydrogen) atoms. The Balaban J connectivity index is 4.44. The second-order valence-electron chi connectivity index (χ2n) is 4.31. The van der Waals surface area contributed by atoms with Crippen molar-refractivity contribution in [2.45, 2.75) is 54.4 Å². The van der Waals surface area contributed by atoms with Crippen molar-refractivity contribution < 1.29 is 0 Å². The van der Waals surface area contributed by atoms with Crippen molar-refractivity contribution in [3.8, 4) is 0 Å². The van der Waals surface area contributed by atoms with E-state index in [1.54, 1.807) is 5.57 Å². The normalized spacial score (nSPS) is 15.5. The molecule has 78 valence electrons. The monoisotopic (exact) mass is 182 g/mol. The number of hydrogen-bond acceptors (Lipinski definition) is 0. The van der Waals surface area contributed by atoms with Gasteiger partial charge in [-0.2, -0.15) is 0 Å². The van der Waals surface area contributed by atoms with Crippen molar-refractivity contribution in [3.05, 3.63) is 11.6 Å². The van der Waals surface area contributed by atoms with Crippen LogP contribution in [0.1, 0.15) is 54.4 Å². The van der Waals surface area contributed by atoms with Crippen molar-refractivity contribution in [1.82, 2.24) is 0 Å². The van der Waals surface area contributed by atoms with Crippen molar-refractivity contribution in [2.75, 3.05) is 0 Å². The summed E-state index contributed by atoms with van der Waals surface area (Å²) in [5.41, 5.74) is 1.63. The van der Waals surface area contributed by atoms with Gasteiger partial charge in [-0.3, -0.25) is 0 Å². The molecule has 0 N–H and O–H groups in total. The Kier molecular flexibility index (Phi) is 6.11. The minimum atomic E-state index is 0.709. The fraction of sp³-hybridized carbons (Fsp3) is 0.846. The smallest absolute Gasteiger partial charge is 0.0201 e. The first kappa shape index (κ1) is 12.7. The molecule has 0 aromatic carbocycles. The van der Waals surface area contributed by atoms with Crippen molar-refractivity contribution in [1.29, 1.82) is 0 Å². The van der Waals surface area contributed by atoms with Crippen LogP contribution in [0.15, 0.2) is 11.6 Å². The van der Waals surface area contributed by atoms with Crippen LogP contribution in [0.25, 0.3) is 0 Å². The molecule has 0 aliphatic heterocycles. The molecule has 0 aliphatic rings. The zero-order valence-electron chi connectivity index (χ0n) is 10.2. The molecule has 0 rings (SSSR count). The van der Waals surface area contributed by atoms with E-state index in [1.165, 1.54) is 12.8 Å². The van der Waals surface area contributed by atoms with Gasteiger partial charge in [0.2, 0.25) is 0 Å². The Morgan fingerprint density at radius 1 is 1.08 bits per heavy atom. The Labute approximate surface area is 84.4 Å². The zero-order valence-corrected chi connectivity index (χ0v) is 10.2. The molecule has 0 amide bonds. The summed E-state index contributed by atoms with van der Waals surface area (Å²) < 4.78 is 0. The lowest BCUT2D eigenvalue weighted by atomic mass is 9.79. The average Bonchev–Trinajstić information content (AvgIpc) is 2.07. The third-order valence-corrected chi connectivity index (χ3v) is 3.28. The first-order valence-corrected chi connectivity index (χ1v) is 5.74. The van der Waals surface area contributed by atoms with Gasteiger partial charge >= 0.3 is 0 Å². The summed E-state index contributed by atoms with van der Waals surface area (Å²) in [5, 5.41) is 0. The van der Waals surface area contributed by atoms with Crippen LogP contribution in [0, 0.1) is 17.8 Å². The Morgan fingerprint density at radius 2 is 1.54 bits per heavy atom. The van der Waals surface area contributed by atoms with Gasteiger partial charge in [0.25, 0.3) is 0 Å². The van der Waals surface area contributed by atoms with Crippen molar-refractivity contribution >= 4 is 0 Å². The van der Waals surface area contributed by atoms with Gasteiger partial charge in [-0.25, -0.2) is 0 Å². The van der Waals surface area contributed by atoms with Gasteiger partial charge in [-0.15, -0.1) is 0 Å². The maximum Gasteiger partial charge on any atom is -0.0201 e. The average molecular weight is 182 g/mol. The SMILES string of the molecule is CC=C(C(C)C)C(C)C(CC)CC. The summed E-state index contributed by atoms with van der Waals surface area (Å²) in [4.78, 5) is 0. The standard InChI is InChI=1S/C13H26/c1-7-12(8-2)11(6)13(9-3)10(4)5/h9-12H,7-8H2,1-6H3. The van der Waals surface area contributed by atoms with Crippen LogP contribution in [0.4, 0.5) is 0 Å². The lowest BCUT2D eigenvalue weighted by molar-refractivity contribution is 0.359. The first-order chi connectivity index (χ1) is 6.08. The third kappa shape index (κ3) is 3.54. The van der Waals surface area contributed by atoms with Gasteiger partial charge in [-0.05, 0) is 24.7 Å². The number of rotatable bonds is 5. The molecule has 0 nitrogen and oxygen atoms in total. The van der Waals surface area contributed by atoms with Crippen LogP contribution in [0.5, 0.6) is 0 Å². The van der Waals surface area contributed by atoms with Gasteiger partial charge in [0.1, 0.15) is 0 Å². The molecule has 0 aliphatic carbocycles. The Morgan fingerprint density at radius 3 is 1.77 bits per heavy atom. The first-order valence-electron chi connectivity index (χ1n) is 5.74. The maximum absolute atomic E-state index is 2.38. The highest BCUT2D eigenvalue weighted by molar-refractivity contribution is 5.08. The van der Waals surface area contributed by atoms with Crippen LogP contribution < -0.4 is 0 Å². The molecule has 0 heterocycles. The lowest BCUT2D eigenvalue weighted by Gasteiger charge is -2.26. The fourth-order valence-electron chi connectivity index (χ4n) is 2.39. The van der Waals surface area contributed by atoms with Crippen molar-refractivity contribution in [3.63, 3.8) is 0 Å². The van der Waals surface area contributed by atoms with Gasteiger partial charge in [0.05, 0.1) is 0 Å². The van der Waals surface area contributed by atoms with E-state index in [-0.39, 0.29) is 0 Å². The molecule has 0 aromatic rings. The van der Waals surface area contributed by atoms with E-state index in [0.29, 0.717) is 5.92 Å². The van der Waals surface area contributed by atoms with E-state index in [9.17, 15) is 0 Å². The maximum atomic E-state index is 2.38. The second kappa shape index (κ2) is 6.23. The molecule has 1 atom stereocenters. The summed E-state index contributed by atoms with van der Waals surface area (Å²) in [6.45, 7) is 13.8. The second-order valence-corrected chi connectivity index (χ2v) is 4.31. The summed E-state index contributed by atoms with van der Waals surface area (Å²) in [6.07, 6.45) is 4.93. The summed E-state index contributed by atoms with van der Waals surface area (Å²) in [5.74, 6) is 2.34. The van der Waals surface area contributed by atoms with Crippen molar-refractivity contribution in [2.24, 2.45) is 17.8 Å². The van der Waals surface area contributed by atoms with E-state index >= 15 is 0 Å². The molecule has 0 spiro atoms. The topological polar surface area (TPSA) is 0 Å². The van der Waals surface area contributed by atoms with Crippen LogP contribution in [-0.4, -0.2) is 0 Å². The Hall–Kier alpha value is -0.260. The Bertz CT molecular complexity index is 149. The minimum Gasteiger partial charge on any atom is -0.0879 e. The molecule has 0 bridgehead atoms. The highest BCUT2D eigenvalue weighted by Crippen LogP contribution is 2.30. The molecule has 0 aromatic heterocycles. The van der Waals surface area contributed by atoms with Crippen LogP contribution in [-0.2, 0) is 0 Å². The molecule has 0 fully saturated rings. The minimum absolute atomic E-state index is 0.709. The predicted octanol–water partition coefficient (Wildman–Crippen LogP) is 4.66. The van der Waals surface area contributed by atoms with Crippen LogP contribution in [0.3, 0.4) is 0 Å². The molecule has 0 saturated carbocycles. The molecular formula is C13H26. The van der Waals surface area contributed by atoms with E-state index in [1.807, 2.05) is 0 Å². The largest absolute Gasteiger partial charge is 0.0879 e. The number of hydrogen-bond donors (Lipinski definition) is 0. The molecule has 1 unspecified atom stereocenters. The number of allylic oxidation sites excluding steroid dienone is 2. The molecule has 0 heteroatoms. The summed E-state index contributed by atoms with van der Waals surface area (Å²) >= 11 is 0. The lowest BCUT2D eigenvalue weighted by Crippen LogP contribution is -2.15. The van der Waals surface area contributed by atoms with E-state index < -0.39 is 0 Å². The van der Waals surface area contributed by atoms with Gasteiger partial charge in [0.15, 0.2) is 0 Å². The zero-order chi connectivity index (χ0) is 10.4. The van der Waals surface area contributed by atoms with Gasteiger partial charge in [0, 0.05) is 0 Å². The summed E-state index contributed by atoms with van der Waals surface area (Å²) in [6, 6.07) is 0. The van der Waals surface area contributed by atoms with E-state index in [4.69, 9.17) is 0 Å². The molecule has 0 saturated heterocycles. The van der Waals surface area contributed by atoms with Crippen LogP contribution >= 0.6 is 0 Å². The predicted molar refractivity (Wildman–Crippen MR) is 61.8 cm³/mol. The van der Waals surface area contributed by atoms with E-state index in [2.05, 4.69) is 47.6 Å². The summed E-state index contributed by atoms with van der Waals surface area (Å²) in [7, 11) is 0. The fourth-order valence-corrected chi connectivity index (χ4v) is 2.39. The van der Waals surface area contributed by atoms with Gasteiger partial charge in [-0.1, -0.05) is 59.1 Å². The quantitative estimate of drug-likeness (QED) is 0.542. The molecule has 0 radical (unpaired) electrons. The van der Waals surface area contributed by atoms with Gasteiger partial charge < -0.3 is 0 Å². The molecular weight excluding hydrogens is 156 g/mol. The highest BCUT2D eigenvalue weighted by atomic mass is 14.2. The van der Waals surface area contributed by atoms with E-state index in [0.717, 1.165) is 11.8 Å². The highest BCUT2D eigenvalue weighted by Gasteiger charge is 2.18. The van der Waals surface area contributed by atoms with Crippen LogP contribution in [0.2, 0.25) is 0 Å².